The number of hydrogen-bond donors (Lipinski definition) is 0. The van der Waals surface area contributed by atoms with E-state index < -0.39 is 0 Å². The standard InChI is InChI=1S/C16H20N4O2S/c1-12-10-14(22-2)18-16(17-12)20-7-5-19(6-8-20)15(21)11-13-4-3-9-23-13/h3-4,9-10H,5-8,11H2,1-2H3. The van der Waals surface area contributed by atoms with Gasteiger partial charge in [0.2, 0.25) is 17.7 Å². The molecule has 3 rings (SSSR count). The maximum absolute atomic E-state index is 12.3. The monoisotopic (exact) mass is 332 g/mol. The van der Waals surface area contributed by atoms with Gasteiger partial charge in [-0.05, 0) is 18.4 Å². The van der Waals surface area contributed by atoms with Gasteiger partial charge >= 0.3 is 0 Å². The fourth-order valence-corrected chi connectivity index (χ4v) is 3.30. The van der Waals surface area contributed by atoms with E-state index in [0.29, 0.717) is 31.3 Å². The van der Waals surface area contributed by atoms with Crippen LogP contribution in [0.1, 0.15) is 10.6 Å². The van der Waals surface area contributed by atoms with Crippen molar-refractivity contribution in [1.82, 2.24) is 14.9 Å². The number of anilines is 1. The summed E-state index contributed by atoms with van der Waals surface area (Å²) in [5.74, 6) is 1.44. The first-order chi connectivity index (χ1) is 11.2. The minimum absolute atomic E-state index is 0.190. The summed E-state index contributed by atoms with van der Waals surface area (Å²) in [4.78, 5) is 26.3. The second-order valence-electron chi connectivity index (χ2n) is 5.48. The SMILES string of the molecule is COc1cc(C)nc(N2CCN(C(=O)Cc3cccs3)CC2)n1. The second-order valence-corrected chi connectivity index (χ2v) is 6.51. The average molecular weight is 332 g/mol. The van der Waals surface area contributed by atoms with Crippen LogP contribution in [0.25, 0.3) is 0 Å². The summed E-state index contributed by atoms with van der Waals surface area (Å²) < 4.78 is 5.20. The maximum atomic E-state index is 12.3. The van der Waals surface area contributed by atoms with E-state index in [1.165, 1.54) is 0 Å². The minimum Gasteiger partial charge on any atom is -0.481 e. The Morgan fingerprint density at radius 3 is 2.74 bits per heavy atom. The van der Waals surface area contributed by atoms with Crippen molar-refractivity contribution >= 4 is 23.2 Å². The number of carbonyl (C=O) groups excluding carboxylic acids is 1. The van der Waals surface area contributed by atoms with Crippen molar-refractivity contribution in [1.29, 1.82) is 0 Å². The van der Waals surface area contributed by atoms with Crippen LogP contribution < -0.4 is 9.64 Å². The maximum Gasteiger partial charge on any atom is 0.228 e. The summed E-state index contributed by atoms with van der Waals surface area (Å²) in [6, 6.07) is 5.80. The number of nitrogens with zero attached hydrogens (tertiary/aromatic N) is 4. The Balaban J connectivity index is 1.60. The molecule has 3 heterocycles. The van der Waals surface area contributed by atoms with Crippen molar-refractivity contribution in [2.75, 3.05) is 38.2 Å². The van der Waals surface area contributed by atoms with E-state index in [-0.39, 0.29) is 5.91 Å². The summed E-state index contributed by atoms with van der Waals surface area (Å²) >= 11 is 1.63. The summed E-state index contributed by atoms with van der Waals surface area (Å²) in [5, 5.41) is 2.00. The molecule has 0 atom stereocenters. The molecule has 1 aliphatic heterocycles. The van der Waals surface area contributed by atoms with E-state index in [1.54, 1.807) is 18.4 Å². The Labute approximate surface area is 139 Å². The summed E-state index contributed by atoms with van der Waals surface area (Å²) in [7, 11) is 1.60. The van der Waals surface area contributed by atoms with E-state index in [1.807, 2.05) is 35.4 Å². The highest BCUT2D eigenvalue weighted by atomic mass is 32.1. The van der Waals surface area contributed by atoms with Gasteiger partial charge in [0, 0.05) is 42.8 Å². The third-order valence-electron chi connectivity index (χ3n) is 3.85. The number of methoxy groups -OCH3 is 1. The Bertz CT molecular complexity index is 667. The van der Waals surface area contributed by atoms with E-state index in [4.69, 9.17) is 4.74 Å². The van der Waals surface area contributed by atoms with Crippen molar-refractivity contribution in [2.45, 2.75) is 13.3 Å². The van der Waals surface area contributed by atoms with Crippen molar-refractivity contribution in [3.05, 3.63) is 34.2 Å². The van der Waals surface area contributed by atoms with Gasteiger partial charge in [0.25, 0.3) is 0 Å². The number of carbonyl (C=O) groups is 1. The van der Waals surface area contributed by atoms with Crippen LogP contribution in [0.4, 0.5) is 5.95 Å². The normalized spacial score (nSPS) is 14.9. The van der Waals surface area contributed by atoms with Crippen molar-refractivity contribution in [3.63, 3.8) is 0 Å². The number of aromatic nitrogens is 2. The smallest absolute Gasteiger partial charge is 0.228 e. The van der Waals surface area contributed by atoms with Crippen LogP contribution in [0, 0.1) is 6.92 Å². The van der Waals surface area contributed by atoms with Crippen molar-refractivity contribution in [3.8, 4) is 5.88 Å². The number of piperazine rings is 1. The predicted octanol–water partition coefficient (Wildman–Crippen LogP) is 1.75. The van der Waals surface area contributed by atoms with Crippen LogP contribution in [0.5, 0.6) is 5.88 Å². The van der Waals surface area contributed by atoms with Gasteiger partial charge in [-0.2, -0.15) is 4.98 Å². The molecule has 1 amide bonds. The molecule has 0 aromatic carbocycles. The number of hydrogen-bond acceptors (Lipinski definition) is 6. The Hall–Kier alpha value is -2.15. The van der Waals surface area contributed by atoms with E-state index >= 15 is 0 Å². The van der Waals surface area contributed by atoms with Crippen LogP contribution in [-0.4, -0.2) is 54.1 Å². The number of ether oxygens (including phenoxy) is 1. The topological polar surface area (TPSA) is 58.6 Å². The Kier molecular flexibility index (Phi) is 4.76. The molecular formula is C16H20N4O2S. The Morgan fingerprint density at radius 1 is 1.30 bits per heavy atom. The molecule has 23 heavy (non-hydrogen) atoms. The van der Waals surface area contributed by atoms with Gasteiger partial charge < -0.3 is 14.5 Å². The van der Waals surface area contributed by atoms with Crippen LogP contribution in [0.3, 0.4) is 0 Å². The highest BCUT2D eigenvalue weighted by molar-refractivity contribution is 7.10. The van der Waals surface area contributed by atoms with Crippen molar-refractivity contribution in [2.24, 2.45) is 0 Å². The van der Waals surface area contributed by atoms with E-state index in [0.717, 1.165) is 23.7 Å². The Morgan fingerprint density at radius 2 is 2.09 bits per heavy atom. The summed E-state index contributed by atoms with van der Waals surface area (Å²) in [6.07, 6.45) is 0.492. The average Bonchev–Trinajstić information content (AvgIpc) is 3.07. The van der Waals surface area contributed by atoms with Gasteiger partial charge in [0.15, 0.2) is 0 Å². The fraction of sp³-hybridized carbons (Fsp3) is 0.438. The quantitative estimate of drug-likeness (QED) is 0.854. The lowest BCUT2D eigenvalue weighted by molar-refractivity contribution is -0.130. The molecule has 0 spiro atoms. The summed E-state index contributed by atoms with van der Waals surface area (Å²) in [5.41, 5.74) is 0.878. The molecule has 0 radical (unpaired) electrons. The van der Waals surface area contributed by atoms with Gasteiger partial charge in [-0.3, -0.25) is 4.79 Å². The highest BCUT2D eigenvalue weighted by Gasteiger charge is 2.23. The lowest BCUT2D eigenvalue weighted by Crippen LogP contribution is -2.49. The van der Waals surface area contributed by atoms with Crippen molar-refractivity contribution < 1.29 is 9.53 Å². The van der Waals surface area contributed by atoms with Crippen LogP contribution in [0.15, 0.2) is 23.6 Å². The summed E-state index contributed by atoms with van der Waals surface area (Å²) in [6.45, 7) is 4.80. The molecule has 6 nitrogen and oxygen atoms in total. The van der Waals surface area contributed by atoms with Crippen LogP contribution in [0.2, 0.25) is 0 Å². The van der Waals surface area contributed by atoms with E-state index in [9.17, 15) is 4.79 Å². The van der Waals surface area contributed by atoms with Gasteiger partial charge in [0.1, 0.15) is 0 Å². The fourth-order valence-electron chi connectivity index (χ4n) is 2.60. The number of thiophene rings is 1. The molecule has 0 aliphatic carbocycles. The molecule has 1 aliphatic rings. The largest absolute Gasteiger partial charge is 0.481 e. The van der Waals surface area contributed by atoms with Crippen LogP contribution >= 0.6 is 11.3 Å². The first kappa shape index (κ1) is 15.7. The zero-order valence-electron chi connectivity index (χ0n) is 13.4. The van der Waals surface area contributed by atoms with E-state index in [2.05, 4.69) is 14.9 Å². The molecule has 2 aromatic rings. The number of aryl methyl sites for hydroxylation is 1. The molecular weight excluding hydrogens is 312 g/mol. The minimum atomic E-state index is 0.190. The first-order valence-corrected chi connectivity index (χ1v) is 8.48. The highest BCUT2D eigenvalue weighted by Crippen LogP contribution is 2.17. The molecule has 122 valence electrons. The second kappa shape index (κ2) is 6.95. The molecule has 1 fully saturated rings. The third kappa shape index (κ3) is 3.79. The van der Waals surface area contributed by atoms with Gasteiger partial charge in [0.05, 0.1) is 13.5 Å². The zero-order chi connectivity index (χ0) is 16.2. The lowest BCUT2D eigenvalue weighted by atomic mass is 10.2. The first-order valence-electron chi connectivity index (χ1n) is 7.60. The molecule has 0 unspecified atom stereocenters. The van der Waals surface area contributed by atoms with Gasteiger partial charge in [-0.1, -0.05) is 6.07 Å². The molecule has 2 aromatic heterocycles. The zero-order valence-corrected chi connectivity index (χ0v) is 14.2. The molecule has 0 bridgehead atoms. The van der Waals surface area contributed by atoms with Gasteiger partial charge in [-0.25, -0.2) is 4.98 Å². The molecule has 7 heteroatoms. The predicted molar refractivity (Wildman–Crippen MR) is 90.1 cm³/mol. The molecule has 0 saturated carbocycles. The number of rotatable bonds is 4. The third-order valence-corrected chi connectivity index (χ3v) is 4.73. The lowest BCUT2D eigenvalue weighted by Gasteiger charge is -2.34. The van der Waals surface area contributed by atoms with Gasteiger partial charge in [-0.15, -0.1) is 11.3 Å². The number of amides is 1. The van der Waals surface area contributed by atoms with Crippen LogP contribution in [-0.2, 0) is 11.2 Å². The molecule has 0 N–H and O–H groups in total. The molecule has 1 saturated heterocycles.